The lowest BCUT2D eigenvalue weighted by Gasteiger charge is -2.19. The van der Waals surface area contributed by atoms with E-state index < -0.39 is 18.0 Å². The third kappa shape index (κ3) is 6.77. The fourth-order valence-electron chi connectivity index (χ4n) is 4.01. The molecule has 3 aromatic carbocycles. The number of nitrogens with one attached hydrogen (secondary N) is 1. The molecular weight excluding hydrogens is 500 g/mol. The maximum atomic E-state index is 12.5. The van der Waals surface area contributed by atoms with Crippen LogP contribution >= 0.6 is 11.3 Å². The topological polar surface area (TPSA) is 86.8 Å². The summed E-state index contributed by atoms with van der Waals surface area (Å²) in [6.07, 6.45) is 1.08. The molecule has 1 aromatic heterocycles. The van der Waals surface area contributed by atoms with Crippen LogP contribution in [0, 0.1) is 6.92 Å². The number of carbonyl (C=O) groups excluding carboxylic acids is 2. The molecule has 0 aliphatic heterocycles. The van der Waals surface area contributed by atoms with E-state index in [-0.39, 0.29) is 0 Å². The average Bonchev–Trinajstić information content (AvgIpc) is 3.33. The Morgan fingerprint density at radius 2 is 1.63 bits per heavy atom. The predicted molar refractivity (Wildman–Crippen MR) is 149 cm³/mol. The van der Waals surface area contributed by atoms with Gasteiger partial charge in [-0.1, -0.05) is 54.6 Å². The standard InChI is InChI=1S/C30H30N2O5S/c1-20-25(32-28(38-20)22-9-5-4-6-10-22)17-18-37-23-15-13-21(14-16-23)19-27(30(34)36-3)31-26-12-8-7-11-24(26)29(33)35-2/h4-16,27,31H,17-19H2,1-3H3. The highest BCUT2D eigenvalue weighted by Gasteiger charge is 2.22. The van der Waals surface area contributed by atoms with Crippen molar-refractivity contribution in [3.63, 3.8) is 0 Å². The van der Waals surface area contributed by atoms with Gasteiger partial charge in [-0.3, -0.25) is 0 Å². The second kappa shape index (κ2) is 12.9. The largest absolute Gasteiger partial charge is 0.493 e. The molecule has 0 saturated heterocycles. The van der Waals surface area contributed by atoms with Crippen molar-refractivity contribution in [2.45, 2.75) is 25.8 Å². The number of methoxy groups -OCH3 is 2. The van der Waals surface area contributed by atoms with Gasteiger partial charge in [0.15, 0.2) is 0 Å². The maximum Gasteiger partial charge on any atom is 0.339 e. The summed E-state index contributed by atoms with van der Waals surface area (Å²) in [7, 11) is 2.66. The minimum absolute atomic E-state index is 0.346. The van der Waals surface area contributed by atoms with Crippen LogP contribution in [0.5, 0.6) is 5.75 Å². The van der Waals surface area contributed by atoms with Crippen molar-refractivity contribution in [2.24, 2.45) is 0 Å². The molecule has 0 radical (unpaired) electrons. The van der Waals surface area contributed by atoms with Crippen molar-refractivity contribution in [1.82, 2.24) is 4.98 Å². The normalized spacial score (nSPS) is 11.4. The van der Waals surface area contributed by atoms with E-state index in [9.17, 15) is 9.59 Å². The van der Waals surface area contributed by atoms with Crippen molar-refractivity contribution < 1.29 is 23.8 Å². The molecule has 0 bridgehead atoms. The van der Waals surface area contributed by atoms with E-state index in [4.69, 9.17) is 19.2 Å². The van der Waals surface area contributed by atoms with Crippen molar-refractivity contribution in [2.75, 3.05) is 26.1 Å². The van der Waals surface area contributed by atoms with Crippen LogP contribution in [0.25, 0.3) is 10.6 Å². The Kier molecular flexibility index (Phi) is 9.11. The van der Waals surface area contributed by atoms with Crippen LogP contribution in [-0.4, -0.2) is 43.8 Å². The molecule has 0 aliphatic rings. The third-order valence-electron chi connectivity index (χ3n) is 6.03. The highest BCUT2D eigenvalue weighted by molar-refractivity contribution is 7.15. The number of para-hydroxylation sites is 1. The lowest BCUT2D eigenvalue weighted by atomic mass is 10.0. The van der Waals surface area contributed by atoms with Crippen LogP contribution in [-0.2, 0) is 27.1 Å². The number of nitrogens with zero attached hydrogens (tertiary/aromatic N) is 1. The highest BCUT2D eigenvalue weighted by atomic mass is 32.1. The zero-order chi connectivity index (χ0) is 26.9. The Labute approximate surface area is 226 Å². The molecule has 196 valence electrons. The third-order valence-corrected chi connectivity index (χ3v) is 7.09. The molecule has 0 fully saturated rings. The Morgan fingerprint density at radius 1 is 0.921 bits per heavy atom. The summed E-state index contributed by atoms with van der Waals surface area (Å²) in [4.78, 5) is 30.6. The van der Waals surface area contributed by atoms with Gasteiger partial charge in [-0.15, -0.1) is 11.3 Å². The molecule has 7 nitrogen and oxygen atoms in total. The summed E-state index contributed by atoms with van der Waals surface area (Å²) in [5.41, 5.74) is 3.93. The van der Waals surface area contributed by atoms with Gasteiger partial charge >= 0.3 is 11.9 Å². The van der Waals surface area contributed by atoms with Crippen molar-refractivity contribution in [1.29, 1.82) is 0 Å². The van der Waals surface area contributed by atoms with Gasteiger partial charge in [0.2, 0.25) is 0 Å². The van der Waals surface area contributed by atoms with E-state index in [1.807, 2.05) is 42.5 Å². The molecule has 8 heteroatoms. The van der Waals surface area contributed by atoms with Crippen molar-refractivity contribution >= 4 is 29.0 Å². The predicted octanol–water partition coefficient (Wildman–Crippen LogP) is 5.72. The highest BCUT2D eigenvalue weighted by Crippen LogP contribution is 2.28. The van der Waals surface area contributed by atoms with Crippen molar-refractivity contribution in [3.8, 4) is 16.3 Å². The summed E-state index contributed by atoms with van der Waals surface area (Å²) in [6, 6.07) is 24.0. The summed E-state index contributed by atoms with van der Waals surface area (Å²) < 4.78 is 15.8. The van der Waals surface area contributed by atoms with Gasteiger partial charge in [-0.05, 0) is 36.8 Å². The first-order valence-electron chi connectivity index (χ1n) is 12.2. The van der Waals surface area contributed by atoms with Gasteiger partial charge in [0.25, 0.3) is 0 Å². The van der Waals surface area contributed by atoms with Crippen LogP contribution in [0.2, 0.25) is 0 Å². The molecule has 1 unspecified atom stereocenters. The molecule has 4 aromatic rings. The molecule has 0 spiro atoms. The second-order valence-corrected chi connectivity index (χ2v) is 9.79. The maximum absolute atomic E-state index is 12.5. The van der Waals surface area contributed by atoms with Gasteiger partial charge < -0.3 is 19.5 Å². The summed E-state index contributed by atoms with van der Waals surface area (Å²) in [6.45, 7) is 2.60. The number of aryl methyl sites for hydroxylation is 1. The molecular formula is C30H30N2O5S. The van der Waals surface area contributed by atoms with Crippen LogP contribution < -0.4 is 10.1 Å². The van der Waals surface area contributed by atoms with Crippen LogP contribution in [0.4, 0.5) is 5.69 Å². The average molecular weight is 531 g/mol. The summed E-state index contributed by atoms with van der Waals surface area (Å²) in [5.74, 6) is -0.176. The van der Waals surface area contributed by atoms with Crippen molar-refractivity contribution in [3.05, 3.63) is 101 Å². The molecule has 1 N–H and O–H groups in total. The van der Waals surface area contributed by atoms with Gasteiger partial charge in [-0.25, -0.2) is 14.6 Å². The molecule has 0 amide bonds. The fraction of sp³-hybridized carbons (Fsp3) is 0.233. The fourth-order valence-corrected chi connectivity index (χ4v) is 4.97. The number of ether oxygens (including phenoxy) is 3. The van der Waals surface area contributed by atoms with Gasteiger partial charge in [-0.2, -0.15) is 0 Å². The van der Waals surface area contributed by atoms with E-state index in [1.54, 1.807) is 35.6 Å². The van der Waals surface area contributed by atoms with E-state index in [2.05, 4.69) is 24.4 Å². The number of aromatic nitrogens is 1. The van der Waals surface area contributed by atoms with E-state index in [0.717, 1.165) is 27.6 Å². The molecule has 1 atom stereocenters. The first kappa shape index (κ1) is 26.9. The minimum atomic E-state index is -0.691. The number of esters is 2. The Balaban J connectivity index is 1.36. The molecule has 0 saturated carbocycles. The zero-order valence-electron chi connectivity index (χ0n) is 21.6. The van der Waals surface area contributed by atoms with Crippen LogP contribution in [0.3, 0.4) is 0 Å². The van der Waals surface area contributed by atoms with E-state index in [0.29, 0.717) is 30.7 Å². The molecule has 0 aliphatic carbocycles. The monoisotopic (exact) mass is 530 g/mol. The van der Waals surface area contributed by atoms with Gasteiger partial charge in [0.05, 0.1) is 32.1 Å². The number of hydrogen-bond acceptors (Lipinski definition) is 8. The van der Waals surface area contributed by atoms with E-state index in [1.165, 1.54) is 19.1 Å². The summed E-state index contributed by atoms with van der Waals surface area (Å²) in [5, 5.41) is 4.15. The van der Waals surface area contributed by atoms with Crippen LogP contribution in [0.1, 0.15) is 26.5 Å². The number of rotatable bonds is 11. The Hall–Kier alpha value is -4.17. The van der Waals surface area contributed by atoms with Crippen LogP contribution in [0.15, 0.2) is 78.9 Å². The van der Waals surface area contributed by atoms with Gasteiger partial charge in [0, 0.05) is 29.0 Å². The van der Waals surface area contributed by atoms with Gasteiger partial charge in [0.1, 0.15) is 16.8 Å². The molecule has 38 heavy (non-hydrogen) atoms. The number of hydrogen-bond donors (Lipinski definition) is 1. The lowest BCUT2D eigenvalue weighted by Crippen LogP contribution is -2.33. The second-order valence-electron chi connectivity index (χ2n) is 8.59. The number of thiazole rings is 1. The lowest BCUT2D eigenvalue weighted by molar-refractivity contribution is -0.141. The number of anilines is 1. The number of carbonyl (C=O) groups is 2. The Morgan fingerprint density at radius 3 is 2.34 bits per heavy atom. The molecule has 4 rings (SSSR count). The quantitative estimate of drug-likeness (QED) is 0.248. The zero-order valence-corrected chi connectivity index (χ0v) is 22.4. The van der Waals surface area contributed by atoms with E-state index >= 15 is 0 Å². The summed E-state index contributed by atoms with van der Waals surface area (Å²) >= 11 is 1.69. The SMILES string of the molecule is COC(=O)c1ccccc1NC(Cc1ccc(OCCc2nc(-c3ccccc3)sc2C)cc1)C(=O)OC. The minimum Gasteiger partial charge on any atom is -0.493 e. The first-order valence-corrected chi connectivity index (χ1v) is 13.0. The first-order chi connectivity index (χ1) is 18.5. The number of benzene rings is 3. The molecule has 1 heterocycles. The smallest absolute Gasteiger partial charge is 0.339 e. The Bertz CT molecular complexity index is 1370.